The van der Waals surface area contributed by atoms with Gasteiger partial charge < -0.3 is 16.0 Å². The number of benzene rings is 2. The first-order chi connectivity index (χ1) is 11.4. The van der Waals surface area contributed by atoms with Gasteiger partial charge >= 0.3 is 0 Å². The topological polar surface area (TPSA) is 75.4 Å². The molecule has 0 aliphatic carbocycles. The smallest absolute Gasteiger partial charge is 0.254 e. The minimum absolute atomic E-state index is 0.00907. The normalized spacial score (nSPS) is 10.3. The molecule has 0 radical (unpaired) electrons. The quantitative estimate of drug-likeness (QED) is 0.887. The van der Waals surface area contributed by atoms with Crippen LogP contribution in [-0.2, 0) is 11.3 Å². The summed E-state index contributed by atoms with van der Waals surface area (Å²) in [6.45, 7) is 4.37. The zero-order valence-electron chi connectivity index (χ0n) is 14.3. The number of likely N-dealkylation sites (N-methyl/N-ethyl adjacent to an activating group) is 1. The molecule has 0 heterocycles. The second kappa shape index (κ2) is 7.75. The summed E-state index contributed by atoms with van der Waals surface area (Å²) in [4.78, 5) is 26.0. The highest BCUT2D eigenvalue weighted by Crippen LogP contribution is 2.17. The van der Waals surface area contributed by atoms with Crippen molar-refractivity contribution in [3.8, 4) is 0 Å². The Morgan fingerprint density at radius 2 is 1.75 bits per heavy atom. The molecular weight excluding hydrogens is 302 g/mol. The van der Waals surface area contributed by atoms with Crippen LogP contribution < -0.4 is 11.1 Å². The highest BCUT2D eigenvalue weighted by molar-refractivity contribution is 5.99. The lowest BCUT2D eigenvalue weighted by molar-refractivity contribution is -0.116. The van der Waals surface area contributed by atoms with E-state index in [1.54, 1.807) is 19.2 Å². The number of rotatable bonds is 5. The van der Waals surface area contributed by atoms with Gasteiger partial charge in [-0.3, -0.25) is 9.59 Å². The van der Waals surface area contributed by atoms with Gasteiger partial charge in [0.15, 0.2) is 0 Å². The third-order valence-electron chi connectivity index (χ3n) is 4.04. The van der Waals surface area contributed by atoms with Crippen LogP contribution in [0.5, 0.6) is 0 Å². The molecular formula is C19H23N3O2. The average Bonchev–Trinajstić information content (AvgIpc) is 2.58. The molecule has 3 N–H and O–H groups in total. The molecule has 0 aliphatic rings. The van der Waals surface area contributed by atoms with E-state index < -0.39 is 0 Å². The van der Waals surface area contributed by atoms with Gasteiger partial charge in [-0.15, -0.1) is 0 Å². The van der Waals surface area contributed by atoms with Crippen molar-refractivity contribution in [1.29, 1.82) is 0 Å². The maximum absolute atomic E-state index is 12.4. The molecule has 0 fully saturated rings. The summed E-state index contributed by atoms with van der Waals surface area (Å²) in [5.41, 5.74) is 9.95. The number of hydrogen-bond donors (Lipinski definition) is 2. The van der Waals surface area contributed by atoms with E-state index in [2.05, 4.69) is 5.32 Å². The van der Waals surface area contributed by atoms with Gasteiger partial charge in [-0.05, 0) is 48.7 Å². The van der Waals surface area contributed by atoms with Gasteiger partial charge in [-0.25, -0.2) is 0 Å². The highest BCUT2D eigenvalue weighted by Gasteiger charge is 2.15. The molecule has 24 heavy (non-hydrogen) atoms. The van der Waals surface area contributed by atoms with Crippen LogP contribution in [0, 0.1) is 13.8 Å². The van der Waals surface area contributed by atoms with Crippen molar-refractivity contribution in [2.75, 3.05) is 18.9 Å². The Morgan fingerprint density at radius 3 is 2.38 bits per heavy atom. The second-order valence-corrected chi connectivity index (χ2v) is 5.86. The number of nitrogens with two attached hydrogens (primary N) is 1. The fourth-order valence-electron chi connectivity index (χ4n) is 2.37. The maximum Gasteiger partial charge on any atom is 0.254 e. The van der Waals surface area contributed by atoms with Crippen molar-refractivity contribution in [3.63, 3.8) is 0 Å². The van der Waals surface area contributed by atoms with Gasteiger partial charge in [-0.2, -0.15) is 0 Å². The molecule has 0 saturated heterocycles. The molecule has 0 bridgehead atoms. The summed E-state index contributed by atoms with van der Waals surface area (Å²) in [5, 5.41) is 2.86. The van der Waals surface area contributed by atoms with Crippen LogP contribution in [0.3, 0.4) is 0 Å². The van der Waals surface area contributed by atoms with Crippen LogP contribution in [0.2, 0.25) is 0 Å². The third kappa shape index (κ3) is 4.20. The lowest BCUT2D eigenvalue weighted by Gasteiger charge is -2.18. The van der Waals surface area contributed by atoms with E-state index in [4.69, 9.17) is 5.73 Å². The Labute approximate surface area is 142 Å². The molecule has 5 nitrogen and oxygen atoms in total. The van der Waals surface area contributed by atoms with Crippen LogP contribution in [-0.4, -0.2) is 30.3 Å². The predicted molar refractivity (Wildman–Crippen MR) is 95.8 cm³/mol. The molecule has 0 saturated carbocycles. The molecule has 2 rings (SSSR count). The van der Waals surface area contributed by atoms with Crippen LogP contribution in [0.1, 0.15) is 27.0 Å². The molecule has 2 amide bonds. The van der Waals surface area contributed by atoms with Crippen LogP contribution in [0.25, 0.3) is 0 Å². The summed E-state index contributed by atoms with van der Waals surface area (Å²) >= 11 is 0. The van der Waals surface area contributed by atoms with Crippen molar-refractivity contribution < 1.29 is 9.59 Å². The van der Waals surface area contributed by atoms with E-state index in [1.165, 1.54) is 4.90 Å². The number of hydrogen-bond acceptors (Lipinski definition) is 3. The number of carbonyl (C=O) groups is 2. The van der Waals surface area contributed by atoms with Gasteiger partial charge in [0.25, 0.3) is 5.91 Å². The Balaban J connectivity index is 1.99. The molecule has 2 aromatic rings. The number of amides is 2. The van der Waals surface area contributed by atoms with Crippen LogP contribution in [0.15, 0.2) is 42.5 Å². The Morgan fingerprint density at radius 1 is 1.08 bits per heavy atom. The molecule has 5 heteroatoms. The molecule has 0 spiro atoms. The van der Waals surface area contributed by atoms with E-state index in [0.717, 1.165) is 22.4 Å². The lowest BCUT2D eigenvalue weighted by atomic mass is 10.1. The van der Waals surface area contributed by atoms with Crippen LogP contribution in [0.4, 0.5) is 5.69 Å². The summed E-state index contributed by atoms with van der Waals surface area (Å²) in [6, 6.07) is 12.8. The Hall–Kier alpha value is -2.66. The molecule has 0 aliphatic heterocycles. The first-order valence-corrected chi connectivity index (χ1v) is 7.83. The number of nitrogens with one attached hydrogen (secondary N) is 1. The van der Waals surface area contributed by atoms with Crippen LogP contribution >= 0.6 is 0 Å². The average molecular weight is 325 g/mol. The largest absolute Gasteiger partial charge is 0.332 e. The van der Waals surface area contributed by atoms with E-state index in [9.17, 15) is 9.59 Å². The molecule has 126 valence electrons. The second-order valence-electron chi connectivity index (χ2n) is 5.86. The van der Waals surface area contributed by atoms with Crippen molar-refractivity contribution >= 4 is 17.5 Å². The first-order valence-electron chi connectivity index (χ1n) is 7.83. The monoisotopic (exact) mass is 325 g/mol. The van der Waals surface area contributed by atoms with Gasteiger partial charge in [0.2, 0.25) is 5.91 Å². The van der Waals surface area contributed by atoms with Gasteiger partial charge in [0, 0.05) is 24.8 Å². The van der Waals surface area contributed by atoms with Crippen molar-refractivity contribution in [1.82, 2.24) is 4.90 Å². The SMILES string of the molecule is Cc1cccc(NC(=O)CN(C)C(=O)c2ccc(CN)cc2)c1C. The highest BCUT2D eigenvalue weighted by atomic mass is 16.2. The summed E-state index contributed by atoms with van der Waals surface area (Å²) in [6.07, 6.45) is 0. The summed E-state index contributed by atoms with van der Waals surface area (Å²) < 4.78 is 0. The van der Waals surface area contributed by atoms with Crippen molar-refractivity contribution in [3.05, 3.63) is 64.7 Å². The fourth-order valence-corrected chi connectivity index (χ4v) is 2.37. The number of aryl methyl sites for hydroxylation is 1. The zero-order chi connectivity index (χ0) is 17.7. The minimum Gasteiger partial charge on any atom is -0.332 e. The zero-order valence-corrected chi connectivity index (χ0v) is 14.3. The maximum atomic E-state index is 12.4. The molecule has 2 aromatic carbocycles. The van der Waals surface area contributed by atoms with E-state index in [1.807, 2.05) is 44.2 Å². The van der Waals surface area contributed by atoms with E-state index in [0.29, 0.717) is 12.1 Å². The minimum atomic E-state index is -0.224. The van der Waals surface area contributed by atoms with E-state index in [-0.39, 0.29) is 18.4 Å². The first kappa shape index (κ1) is 17.7. The summed E-state index contributed by atoms with van der Waals surface area (Å²) in [7, 11) is 1.61. The van der Waals surface area contributed by atoms with Gasteiger partial charge in [-0.1, -0.05) is 24.3 Å². The van der Waals surface area contributed by atoms with Gasteiger partial charge in [0.1, 0.15) is 0 Å². The third-order valence-corrected chi connectivity index (χ3v) is 4.04. The predicted octanol–water partition coefficient (Wildman–Crippen LogP) is 2.47. The number of anilines is 1. The Kier molecular flexibility index (Phi) is 5.71. The summed E-state index contributed by atoms with van der Waals surface area (Å²) in [5.74, 6) is -0.423. The molecule has 0 atom stereocenters. The van der Waals surface area contributed by atoms with Crippen molar-refractivity contribution in [2.45, 2.75) is 20.4 Å². The Bertz CT molecular complexity index is 739. The van der Waals surface area contributed by atoms with Crippen molar-refractivity contribution in [2.24, 2.45) is 5.73 Å². The lowest BCUT2D eigenvalue weighted by Crippen LogP contribution is -2.35. The standard InChI is InChI=1S/C19H23N3O2/c1-13-5-4-6-17(14(13)2)21-18(23)12-22(3)19(24)16-9-7-15(11-20)8-10-16/h4-10H,11-12,20H2,1-3H3,(H,21,23). The number of carbonyl (C=O) groups excluding carboxylic acids is 2. The number of nitrogens with zero attached hydrogens (tertiary/aromatic N) is 1. The fraction of sp³-hybridized carbons (Fsp3) is 0.263. The van der Waals surface area contributed by atoms with Gasteiger partial charge in [0.05, 0.1) is 6.54 Å². The molecule has 0 aromatic heterocycles. The van der Waals surface area contributed by atoms with E-state index >= 15 is 0 Å². The molecule has 0 unspecified atom stereocenters.